The van der Waals surface area contributed by atoms with Gasteiger partial charge in [-0.3, -0.25) is 11.3 Å². The molecule has 1 aromatic rings. The lowest BCUT2D eigenvalue weighted by molar-refractivity contribution is 0.444. The molecular weight excluding hydrogens is 232 g/mol. The number of phenolic OH excluding ortho intramolecular Hbond substituents is 1. The summed E-state index contributed by atoms with van der Waals surface area (Å²) in [6.45, 7) is 2.00. The molecule has 13 heavy (non-hydrogen) atoms. The molecule has 1 aromatic carbocycles. The number of benzene rings is 1. The molecule has 1 atom stereocenters. The summed E-state index contributed by atoms with van der Waals surface area (Å²) in [7, 11) is 0. The van der Waals surface area contributed by atoms with Gasteiger partial charge < -0.3 is 5.11 Å². The number of nitrogens with one attached hydrogen (secondary N) is 1. The van der Waals surface area contributed by atoms with Gasteiger partial charge >= 0.3 is 0 Å². The van der Waals surface area contributed by atoms with Gasteiger partial charge in [-0.1, -0.05) is 22.9 Å². The van der Waals surface area contributed by atoms with Gasteiger partial charge in [0.25, 0.3) is 0 Å². The van der Waals surface area contributed by atoms with Crippen LogP contribution >= 0.6 is 15.9 Å². The van der Waals surface area contributed by atoms with Crippen LogP contribution in [0.15, 0.2) is 22.7 Å². The maximum atomic E-state index is 9.55. The summed E-state index contributed by atoms with van der Waals surface area (Å²) >= 11 is 3.34. The molecule has 0 aromatic heterocycles. The SMILES string of the molecule is CCC(NN)c1cc(Br)ccc1O. The summed E-state index contributed by atoms with van der Waals surface area (Å²) in [5, 5.41) is 9.55. The van der Waals surface area contributed by atoms with Gasteiger partial charge in [-0.2, -0.15) is 0 Å². The molecular formula is C9H13BrN2O. The smallest absolute Gasteiger partial charge is 0.120 e. The number of hydrazine groups is 1. The zero-order valence-corrected chi connectivity index (χ0v) is 9.01. The van der Waals surface area contributed by atoms with Crippen molar-refractivity contribution in [1.82, 2.24) is 5.43 Å². The van der Waals surface area contributed by atoms with E-state index in [0.717, 1.165) is 16.5 Å². The first kappa shape index (κ1) is 10.5. The number of rotatable bonds is 3. The van der Waals surface area contributed by atoms with Crippen molar-refractivity contribution < 1.29 is 5.11 Å². The highest BCUT2D eigenvalue weighted by atomic mass is 79.9. The standard InChI is InChI=1S/C9H13BrN2O/c1-2-8(12-11)7-5-6(10)3-4-9(7)13/h3-5,8,12-13H,2,11H2,1H3. The Labute approximate surface area is 86.0 Å². The number of hydrogen-bond donors (Lipinski definition) is 3. The van der Waals surface area contributed by atoms with Gasteiger partial charge in [0.05, 0.1) is 0 Å². The van der Waals surface area contributed by atoms with Gasteiger partial charge in [0.1, 0.15) is 5.75 Å². The van der Waals surface area contributed by atoms with E-state index in [1.54, 1.807) is 12.1 Å². The summed E-state index contributed by atoms with van der Waals surface area (Å²) < 4.78 is 0.939. The molecule has 0 fully saturated rings. The number of nitrogens with two attached hydrogens (primary N) is 1. The van der Waals surface area contributed by atoms with Crippen LogP contribution in [0.4, 0.5) is 0 Å². The first-order chi connectivity index (χ1) is 6.19. The lowest BCUT2D eigenvalue weighted by Gasteiger charge is -2.15. The average molecular weight is 245 g/mol. The largest absolute Gasteiger partial charge is 0.508 e. The van der Waals surface area contributed by atoms with E-state index in [9.17, 15) is 5.11 Å². The minimum Gasteiger partial charge on any atom is -0.508 e. The Kier molecular flexibility index (Phi) is 3.71. The van der Waals surface area contributed by atoms with Crippen molar-refractivity contribution in [2.75, 3.05) is 0 Å². The van der Waals surface area contributed by atoms with Gasteiger partial charge in [0, 0.05) is 16.1 Å². The molecule has 0 heterocycles. The molecule has 1 rings (SSSR count). The molecule has 0 bridgehead atoms. The summed E-state index contributed by atoms with van der Waals surface area (Å²) in [6, 6.07) is 5.31. The van der Waals surface area contributed by atoms with E-state index in [1.165, 1.54) is 0 Å². The minimum atomic E-state index is -0.00231. The monoisotopic (exact) mass is 244 g/mol. The second-order valence-corrected chi connectivity index (χ2v) is 3.75. The van der Waals surface area contributed by atoms with Gasteiger partial charge in [-0.05, 0) is 24.6 Å². The molecule has 0 radical (unpaired) electrons. The van der Waals surface area contributed by atoms with Gasteiger partial charge in [0.15, 0.2) is 0 Å². The highest BCUT2D eigenvalue weighted by molar-refractivity contribution is 9.10. The van der Waals surface area contributed by atoms with Crippen molar-refractivity contribution >= 4 is 15.9 Å². The number of phenols is 1. The van der Waals surface area contributed by atoms with Crippen molar-refractivity contribution in [3.8, 4) is 5.75 Å². The molecule has 0 saturated carbocycles. The molecule has 0 aliphatic rings. The molecule has 3 nitrogen and oxygen atoms in total. The van der Waals surface area contributed by atoms with E-state index >= 15 is 0 Å². The molecule has 0 amide bonds. The molecule has 1 unspecified atom stereocenters. The van der Waals surface area contributed by atoms with Crippen LogP contribution in [0.5, 0.6) is 5.75 Å². The van der Waals surface area contributed by atoms with Gasteiger partial charge in [-0.25, -0.2) is 0 Å². The fraction of sp³-hybridized carbons (Fsp3) is 0.333. The van der Waals surface area contributed by atoms with Crippen molar-refractivity contribution in [1.29, 1.82) is 0 Å². The fourth-order valence-electron chi connectivity index (χ4n) is 1.23. The molecule has 0 spiro atoms. The summed E-state index contributed by atoms with van der Waals surface area (Å²) in [4.78, 5) is 0. The number of halogens is 1. The Morgan fingerprint density at radius 2 is 2.31 bits per heavy atom. The molecule has 0 saturated heterocycles. The van der Waals surface area contributed by atoms with Crippen LogP contribution in [0.1, 0.15) is 24.9 Å². The Morgan fingerprint density at radius 1 is 1.62 bits per heavy atom. The normalized spacial score (nSPS) is 12.8. The molecule has 72 valence electrons. The van der Waals surface area contributed by atoms with Crippen LogP contribution in [0.3, 0.4) is 0 Å². The van der Waals surface area contributed by atoms with Gasteiger partial charge in [-0.15, -0.1) is 0 Å². The van der Waals surface area contributed by atoms with E-state index in [1.807, 2.05) is 13.0 Å². The van der Waals surface area contributed by atoms with Crippen molar-refractivity contribution in [2.24, 2.45) is 5.84 Å². The predicted molar refractivity (Wildman–Crippen MR) is 56.2 cm³/mol. The maximum Gasteiger partial charge on any atom is 0.120 e. The quantitative estimate of drug-likeness (QED) is 0.564. The maximum absolute atomic E-state index is 9.55. The average Bonchev–Trinajstić information content (AvgIpc) is 2.13. The number of hydrogen-bond acceptors (Lipinski definition) is 3. The molecule has 0 aliphatic heterocycles. The van der Waals surface area contributed by atoms with Gasteiger partial charge in [0.2, 0.25) is 0 Å². The van der Waals surface area contributed by atoms with Crippen LogP contribution in [0.25, 0.3) is 0 Å². The summed E-state index contributed by atoms with van der Waals surface area (Å²) in [6.07, 6.45) is 0.834. The van der Waals surface area contributed by atoms with Crippen molar-refractivity contribution in [2.45, 2.75) is 19.4 Å². The van der Waals surface area contributed by atoms with Crippen LogP contribution in [-0.4, -0.2) is 5.11 Å². The first-order valence-electron chi connectivity index (χ1n) is 4.13. The summed E-state index contributed by atoms with van der Waals surface area (Å²) in [5.41, 5.74) is 3.47. The predicted octanol–water partition coefficient (Wildman–Crippen LogP) is 2.07. The third-order valence-electron chi connectivity index (χ3n) is 1.97. The Hall–Kier alpha value is -0.580. The molecule has 4 N–H and O–H groups in total. The first-order valence-corrected chi connectivity index (χ1v) is 4.93. The van der Waals surface area contributed by atoms with Crippen LogP contribution in [0.2, 0.25) is 0 Å². The molecule has 0 aliphatic carbocycles. The third-order valence-corrected chi connectivity index (χ3v) is 2.47. The van der Waals surface area contributed by atoms with Crippen LogP contribution < -0.4 is 11.3 Å². The Morgan fingerprint density at radius 3 is 2.85 bits per heavy atom. The fourth-order valence-corrected chi connectivity index (χ4v) is 1.61. The van der Waals surface area contributed by atoms with E-state index in [4.69, 9.17) is 5.84 Å². The zero-order chi connectivity index (χ0) is 9.84. The lowest BCUT2D eigenvalue weighted by atomic mass is 10.0. The van der Waals surface area contributed by atoms with E-state index in [-0.39, 0.29) is 11.8 Å². The van der Waals surface area contributed by atoms with Crippen molar-refractivity contribution in [3.05, 3.63) is 28.2 Å². The van der Waals surface area contributed by atoms with Crippen molar-refractivity contribution in [3.63, 3.8) is 0 Å². The third kappa shape index (κ3) is 2.43. The summed E-state index contributed by atoms with van der Waals surface area (Å²) in [5.74, 6) is 5.63. The lowest BCUT2D eigenvalue weighted by Crippen LogP contribution is -2.27. The minimum absolute atomic E-state index is 0.00231. The number of aromatic hydroxyl groups is 1. The topological polar surface area (TPSA) is 58.3 Å². The van der Waals surface area contributed by atoms with E-state index in [2.05, 4.69) is 21.4 Å². The Bertz CT molecular complexity index is 287. The zero-order valence-electron chi connectivity index (χ0n) is 7.42. The highest BCUT2D eigenvalue weighted by Crippen LogP contribution is 2.28. The van der Waals surface area contributed by atoms with E-state index in [0.29, 0.717) is 0 Å². The van der Waals surface area contributed by atoms with E-state index < -0.39 is 0 Å². The second kappa shape index (κ2) is 4.60. The van der Waals surface area contributed by atoms with Crippen LogP contribution in [0, 0.1) is 0 Å². The Balaban J connectivity index is 3.03. The highest BCUT2D eigenvalue weighted by Gasteiger charge is 2.11. The van der Waals surface area contributed by atoms with Crippen LogP contribution in [-0.2, 0) is 0 Å². The second-order valence-electron chi connectivity index (χ2n) is 2.83. The molecule has 4 heteroatoms.